The van der Waals surface area contributed by atoms with Crippen molar-refractivity contribution in [2.45, 2.75) is 0 Å². The predicted molar refractivity (Wildman–Crippen MR) is 173 cm³/mol. The molecule has 0 aliphatic heterocycles. The summed E-state index contributed by atoms with van der Waals surface area (Å²) >= 11 is 0. The maximum absolute atomic E-state index is 6.05. The van der Waals surface area contributed by atoms with Gasteiger partial charge in [0.2, 0.25) is 5.71 Å². The first-order valence-electron chi connectivity index (χ1n) is 14.3. The summed E-state index contributed by atoms with van der Waals surface area (Å²) in [6.45, 7) is 0. The van der Waals surface area contributed by atoms with Crippen LogP contribution < -0.4 is 0 Å². The third kappa shape index (κ3) is 3.29. The van der Waals surface area contributed by atoms with Crippen LogP contribution in [0.2, 0.25) is 0 Å². The molecule has 0 spiro atoms. The molecular weight excluding hydrogens is 546 g/mol. The maximum Gasteiger partial charge on any atom is 0.227 e. The number of hydrogen-bond donors (Lipinski definition) is 0. The van der Waals surface area contributed by atoms with Crippen LogP contribution in [0.25, 0.3) is 99.4 Å². The molecule has 0 fully saturated rings. The second-order valence-electron chi connectivity index (χ2n) is 10.9. The molecule has 0 saturated carbocycles. The Morgan fingerprint density at radius 1 is 0.386 bits per heavy atom. The van der Waals surface area contributed by atoms with Crippen LogP contribution in [0.4, 0.5) is 0 Å². The van der Waals surface area contributed by atoms with Gasteiger partial charge in [-0.2, -0.15) is 0 Å². The van der Waals surface area contributed by atoms with Crippen molar-refractivity contribution in [3.8, 4) is 22.8 Å². The Labute approximate surface area is 248 Å². The largest absolute Gasteiger partial charge is 0.456 e. The van der Waals surface area contributed by atoms with Crippen molar-refractivity contribution < 1.29 is 8.83 Å². The first-order chi connectivity index (χ1) is 21.8. The van der Waals surface area contributed by atoms with Crippen LogP contribution in [0, 0.1) is 0 Å². The summed E-state index contributed by atoms with van der Waals surface area (Å²) in [5.41, 5.74) is 6.33. The second kappa shape index (κ2) is 8.65. The molecule has 0 atom stereocenters. The van der Waals surface area contributed by atoms with Gasteiger partial charge in [-0.15, -0.1) is 0 Å². The second-order valence-corrected chi connectivity index (χ2v) is 10.9. The molecule has 5 aromatic carbocycles. The Kier molecular flexibility index (Phi) is 4.60. The molecule has 10 rings (SSSR count). The Hall–Kier alpha value is -6.21. The van der Waals surface area contributed by atoms with Crippen molar-refractivity contribution in [1.29, 1.82) is 0 Å². The molecular formula is C37H19N5O2. The van der Waals surface area contributed by atoms with E-state index in [-0.39, 0.29) is 0 Å². The summed E-state index contributed by atoms with van der Waals surface area (Å²) in [5, 5.41) is 8.01. The Morgan fingerprint density at radius 2 is 0.932 bits per heavy atom. The smallest absolute Gasteiger partial charge is 0.227 e. The third-order valence-corrected chi connectivity index (χ3v) is 8.44. The SMILES string of the molecule is c1ccc2c(c1)oc1ccc(-c3ncc4c5ccccc5c5cnc(-c6cnc7oc8ccccc8c7c6)nc5c4n3)cc12. The lowest BCUT2D eigenvalue weighted by atomic mass is 10.0. The van der Waals surface area contributed by atoms with Crippen molar-refractivity contribution in [3.05, 3.63) is 116 Å². The van der Waals surface area contributed by atoms with Crippen LogP contribution in [0.15, 0.2) is 124 Å². The summed E-state index contributed by atoms with van der Waals surface area (Å²) < 4.78 is 12.0. The summed E-state index contributed by atoms with van der Waals surface area (Å²) in [7, 11) is 0. The summed E-state index contributed by atoms with van der Waals surface area (Å²) in [6, 6.07) is 32.4. The topological polar surface area (TPSA) is 90.7 Å². The van der Waals surface area contributed by atoms with E-state index < -0.39 is 0 Å². The Morgan fingerprint density at radius 3 is 1.64 bits per heavy atom. The van der Waals surface area contributed by atoms with E-state index in [9.17, 15) is 0 Å². The first kappa shape index (κ1) is 23.4. The van der Waals surface area contributed by atoms with Gasteiger partial charge in [-0.25, -0.2) is 24.9 Å². The normalized spacial score (nSPS) is 12.1. The van der Waals surface area contributed by atoms with Crippen molar-refractivity contribution in [2.75, 3.05) is 0 Å². The first-order valence-corrected chi connectivity index (χ1v) is 14.3. The van der Waals surface area contributed by atoms with Crippen LogP contribution in [-0.4, -0.2) is 24.9 Å². The van der Waals surface area contributed by atoms with E-state index in [1.807, 2.05) is 85.2 Å². The van der Waals surface area contributed by atoms with E-state index in [2.05, 4.69) is 29.2 Å². The molecule has 0 N–H and O–H groups in total. The van der Waals surface area contributed by atoms with Crippen molar-refractivity contribution in [1.82, 2.24) is 24.9 Å². The summed E-state index contributed by atoms with van der Waals surface area (Å²) in [5.74, 6) is 1.19. The monoisotopic (exact) mass is 565 g/mol. The average Bonchev–Trinajstić information content (AvgIpc) is 3.65. The maximum atomic E-state index is 6.05. The quantitative estimate of drug-likeness (QED) is 0.193. The summed E-state index contributed by atoms with van der Waals surface area (Å²) in [4.78, 5) is 24.5. The van der Waals surface area contributed by atoms with Crippen LogP contribution in [0.1, 0.15) is 0 Å². The fraction of sp³-hybridized carbons (Fsp3) is 0. The van der Waals surface area contributed by atoms with Crippen LogP contribution in [-0.2, 0) is 0 Å². The third-order valence-electron chi connectivity index (χ3n) is 8.44. The molecule has 5 aromatic heterocycles. The van der Waals surface area contributed by atoms with Gasteiger partial charge in [0.1, 0.15) is 27.8 Å². The number of pyridine rings is 1. The fourth-order valence-corrected chi connectivity index (χ4v) is 6.35. The van der Waals surface area contributed by atoms with Crippen molar-refractivity contribution in [3.63, 3.8) is 0 Å². The van der Waals surface area contributed by atoms with Gasteiger partial charge < -0.3 is 8.83 Å². The minimum atomic E-state index is 0.570. The molecule has 0 aliphatic carbocycles. The van der Waals surface area contributed by atoms with Gasteiger partial charge in [0.15, 0.2) is 11.6 Å². The molecule has 0 radical (unpaired) electrons. The van der Waals surface area contributed by atoms with E-state index in [4.69, 9.17) is 28.8 Å². The van der Waals surface area contributed by atoms with Crippen LogP contribution >= 0.6 is 0 Å². The highest BCUT2D eigenvalue weighted by Crippen LogP contribution is 2.36. The molecule has 5 heterocycles. The van der Waals surface area contributed by atoms with Gasteiger partial charge >= 0.3 is 0 Å². The highest BCUT2D eigenvalue weighted by Gasteiger charge is 2.17. The molecule has 0 unspecified atom stereocenters. The van der Waals surface area contributed by atoms with E-state index in [1.165, 1.54) is 0 Å². The molecule has 0 bridgehead atoms. The lowest BCUT2D eigenvalue weighted by molar-refractivity contribution is 0.654. The molecule has 44 heavy (non-hydrogen) atoms. The molecule has 10 aromatic rings. The number of para-hydroxylation sites is 2. The molecule has 7 heteroatoms. The van der Waals surface area contributed by atoms with Gasteiger partial charge in [-0.1, -0.05) is 60.7 Å². The lowest BCUT2D eigenvalue weighted by Gasteiger charge is -2.11. The number of benzene rings is 5. The van der Waals surface area contributed by atoms with Gasteiger partial charge in [0, 0.05) is 62.0 Å². The lowest BCUT2D eigenvalue weighted by Crippen LogP contribution is -1.96. The predicted octanol–water partition coefficient (Wildman–Crippen LogP) is 9.25. The zero-order chi connectivity index (χ0) is 28.8. The van der Waals surface area contributed by atoms with Crippen molar-refractivity contribution in [2.24, 2.45) is 0 Å². The zero-order valence-corrected chi connectivity index (χ0v) is 23.0. The number of aromatic nitrogens is 5. The number of nitrogens with zero attached hydrogens (tertiary/aromatic N) is 5. The van der Waals surface area contributed by atoms with Gasteiger partial charge in [-0.3, -0.25) is 0 Å². The van der Waals surface area contributed by atoms with E-state index >= 15 is 0 Å². The number of hydrogen-bond acceptors (Lipinski definition) is 7. The Balaban J connectivity index is 1.22. The minimum Gasteiger partial charge on any atom is -0.456 e. The highest BCUT2D eigenvalue weighted by molar-refractivity contribution is 6.23. The highest BCUT2D eigenvalue weighted by atomic mass is 16.3. The summed E-state index contributed by atoms with van der Waals surface area (Å²) in [6.07, 6.45) is 5.56. The van der Waals surface area contributed by atoms with E-state index in [1.54, 1.807) is 6.20 Å². The van der Waals surface area contributed by atoms with Gasteiger partial charge in [0.25, 0.3) is 0 Å². The van der Waals surface area contributed by atoms with Crippen molar-refractivity contribution >= 4 is 76.6 Å². The number of fused-ring (bicyclic) bond motifs is 12. The molecule has 0 aliphatic rings. The zero-order valence-electron chi connectivity index (χ0n) is 23.0. The standard InChI is InChI=1S/C37H19N5O2/c1-2-8-23-22(7-1)28-18-38-35(20-13-14-32-26(15-20)24-9-3-5-11-30(24)43-32)41-33(28)34-29(23)19-39-36(42-34)21-16-27-25-10-4-6-12-31(25)44-37(27)40-17-21/h1-19H. The molecule has 0 amide bonds. The average molecular weight is 566 g/mol. The number of furan rings is 2. The Bertz CT molecular complexity index is 2610. The van der Waals surface area contributed by atoms with E-state index in [0.29, 0.717) is 17.4 Å². The van der Waals surface area contributed by atoms with E-state index in [0.717, 1.165) is 82.0 Å². The minimum absolute atomic E-state index is 0.570. The molecule has 0 saturated heterocycles. The molecule has 204 valence electrons. The van der Waals surface area contributed by atoms with Crippen LogP contribution in [0.5, 0.6) is 0 Å². The fourth-order valence-electron chi connectivity index (χ4n) is 6.35. The van der Waals surface area contributed by atoms with Crippen LogP contribution in [0.3, 0.4) is 0 Å². The van der Waals surface area contributed by atoms with Gasteiger partial charge in [0.05, 0.1) is 0 Å². The van der Waals surface area contributed by atoms with Gasteiger partial charge in [-0.05, 0) is 47.2 Å². The molecule has 7 nitrogen and oxygen atoms in total. The number of rotatable bonds is 2.